The summed E-state index contributed by atoms with van der Waals surface area (Å²) in [6, 6.07) is 3.68. The first-order chi connectivity index (χ1) is 11.7. The Morgan fingerprint density at radius 3 is 2.88 bits per heavy atom. The minimum atomic E-state index is -0.200. The lowest BCUT2D eigenvalue weighted by Gasteiger charge is -2.16. The van der Waals surface area contributed by atoms with Crippen LogP contribution >= 0.6 is 0 Å². The molecule has 2 aliphatic heterocycles. The molecule has 2 atom stereocenters. The van der Waals surface area contributed by atoms with Crippen LogP contribution in [0.25, 0.3) is 0 Å². The highest BCUT2D eigenvalue weighted by molar-refractivity contribution is 5.94. The Morgan fingerprint density at radius 1 is 1.33 bits per heavy atom. The number of hydrogen-bond acceptors (Lipinski definition) is 5. The fourth-order valence-corrected chi connectivity index (χ4v) is 3.20. The molecule has 2 unspecified atom stereocenters. The van der Waals surface area contributed by atoms with Crippen LogP contribution < -0.4 is 10.1 Å². The number of carbonyl (C=O) groups excluding carboxylic acids is 2. The minimum absolute atomic E-state index is 0.0371. The number of carbonyl (C=O) groups is 2. The van der Waals surface area contributed by atoms with Crippen LogP contribution in [0.1, 0.15) is 36.0 Å². The minimum Gasteiger partial charge on any atom is -0.472 e. The van der Waals surface area contributed by atoms with Crippen LogP contribution in [0, 0.1) is 0 Å². The molecular formula is C17H21N3O4. The number of ether oxygens (including phenoxy) is 2. The van der Waals surface area contributed by atoms with Crippen molar-refractivity contribution >= 4 is 11.8 Å². The van der Waals surface area contributed by atoms with Crippen molar-refractivity contribution in [2.45, 2.75) is 43.9 Å². The van der Waals surface area contributed by atoms with E-state index in [9.17, 15) is 9.59 Å². The Bertz CT molecular complexity index is 623. The Morgan fingerprint density at radius 2 is 2.21 bits per heavy atom. The Labute approximate surface area is 140 Å². The Balaban J connectivity index is 1.32. The van der Waals surface area contributed by atoms with Gasteiger partial charge in [0.05, 0.1) is 24.8 Å². The molecule has 2 amide bonds. The lowest BCUT2D eigenvalue weighted by molar-refractivity contribution is -0.128. The highest BCUT2D eigenvalue weighted by atomic mass is 16.5. The number of hydrogen-bond donors (Lipinski definition) is 1. The molecule has 1 N–H and O–H groups in total. The van der Waals surface area contributed by atoms with Crippen LogP contribution in [0.2, 0.25) is 0 Å². The lowest BCUT2D eigenvalue weighted by atomic mass is 10.2. The van der Waals surface area contributed by atoms with Gasteiger partial charge in [-0.15, -0.1) is 0 Å². The molecule has 7 nitrogen and oxygen atoms in total. The molecule has 1 aromatic heterocycles. The van der Waals surface area contributed by atoms with Gasteiger partial charge in [0.15, 0.2) is 0 Å². The first kappa shape index (κ1) is 15.4. The second-order valence-corrected chi connectivity index (χ2v) is 6.64. The molecule has 7 heteroatoms. The van der Waals surface area contributed by atoms with Crippen molar-refractivity contribution in [3.8, 4) is 5.88 Å². The number of pyridine rings is 1. The molecule has 1 aliphatic carbocycles. The summed E-state index contributed by atoms with van der Waals surface area (Å²) >= 11 is 0. The standard InChI is InChI=1S/C17H21N3O4/c21-16-7-12(9-20(16)13-2-3-13)19-17(22)11-1-4-15(18-8-11)24-14-5-6-23-10-14/h1,4,8,12-14H,2-3,5-7,9-10H2,(H,19,22). The quantitative estimate of drug-likeness (QED) is 0.861. The van der Waals surface area contributed by atoms with E-state index in [1.165, 1.54) is 6.20 Å². The first-order valence-electron chi connectivity index (χ1n) is 8.50. The van der Waals surface area contributed by atoms with Crippen molar-refractivity contribution in [3.05, 3.63) is 23.9 Å². The molecule has 4 rings (SSSR count). The van der Waals surface area contributed by atoms with Gasteiger partial charge in [-0.05, 0) is 18.9 Å². The predicted octanol–water partition coefficient (Wildman–Crippen LogP) is 0.742. The summed E-state index contributed by atoms with van der Waals surface area (Å²) in [6.07, 6.45) is 4.97. The van der Waals surface area contributed by atoms with Gasteiger partial charge in [-0.3, -0.25) is 9.59 Å². The fraction of sp³-hybridized carbons (Fsp3) is 0.588. The maximum atomic E-state index is 12.3. The largest absolute Gasteiger partial charge is 0.472 e. The first-order valence-corrected chi connectivity index (χ1v) is 8.50. The van der Waals surface area contributed by atoms with Crippen molar-refractivity contribution < 1.29 is 19.1 Å². The average molecular weight is 331 g/mol. The van der Waals surface area contributed by atoms with E-state index in [0.29, 0.717) is 43.7 Å². The van der Waals surface area contributed by atoms with Gasteiger partial charge in [-0.2, -0.15) is 0 Å². The Kier molecular flexibility index (Phi) is 4.10. The SMILES string of the molecule is O=C(NC1CC(=O)N(C2CC2)C1)c1ccc(OC2CCOC2)nc1. The summed E-state index contributed by atoms with van der Waals surface area (Å²) in [7, 11) is 0. The molecule has 1 aromatic rings. The third-order valence-corrected chi connectivity index (χ3v) is 4.66. The van der Waals surface area contributed by atoms with Crippen molar-refractivity contribution in [2.75, 3.05) is 19.8 Å². The van der Waals surface area contributed by atoms with Gasteiger partial charge in [0.2, 0.25) is 11.8 Å². The van der Waals surface area contributed by atoms with E-state index in [-0.39, 0.29) is 24.0 Å². The summed E-state index contributed by atoms with van der Waals surface area (Å²) in [5, 5.41) is 2.93. The fourth-order valence-electron chi connectivity index (χ4n) is 3.20. The molecule has 24 heavy (non-hydrogen) atoms. The normalized spacial score (nSPS) is 26.7. The third kappa shape index (κ3) is 3.36. The second-order valence-electron chi connectivity index (χ2n) is 6.64. The van der Waals surface area contributed by atoms with Crippen molar-refractivity contribution in [2.24, 2.45) is 0 Å². The van der Waals surface area contributed by atoms with Crippen molar-refractivity contribution in [3.63, 3.8) is 0 Å². The number of amides is 2. The molecule has 0 radical (unpaired) electrons. The van der Waals surface area contributed by atoms with E-state index in [1.807, 2.05) is 4.90 Å². The van der Waals surface area contributed by atoms with Crippen LogP contribution in [0.4, 0.5) is 0 Å². The van der Waals surface area contributed by atoms with E-state index >= 15 is 0 Å². The van der Waals surface area contributed by atoms with Crippen LogP contribution in [0.15, 0.2) is 18.3 Å². The topological polar surface area (TPSA) is 80.8 Å². The number of nitrogens with one attached hydrogen (secondary N) is 1. The van der Waals surface area contributed by atoms with Crippen LogP contribution in [0.5, 0.6) is 5.88 Å². The summed E-state index contributed by atoms with van der Waals surface area (Å²) in [5.41, 5.74) is 0.474. The molecule has 3 fully saturated rings. The zero-order chi connectivity index (χ0) is 16.5. The van der Waals surface area contributed by atoms with E-state index in [4.69, 9.17) is 9.47 Å². The summed E-state index contributed by atoms with van der Waals surface area (Å²) in [6.45, 7) is 1.91. The van der Waals surface area contributed by atoms with E-state index in [1.54, 1.807) is 12.1 Å². The van der Waals surface area contributed by atoms with Gasteiger partial charge in [-0.25, -0.2) is 4.98 Å². The predicted molar refractivity (Wildman–Crippen MR) is 84.7 cm³/mol. The van der Waals surface area contributed by atoms with Gasteiger partial charge >= 0.3 is 0 Å². The Hall–Kier alpha value is -2.15. The molecule has 0 bridgehead atoms. The summed E-state index contributed by atoms with van der Waals surface area (Å²) in [5.74, 6) is 0.440. The number of likely N-dealkylation sites (tertiary alicyclic amines) is 1. The van der Waals surface area contributed by atoms with Crippen LogP contribution in [-0.2, 0) is 9.53 Å². The molecule has 0 aromatic carbocycles. The van der Waals surface area contributed by atoms with Gasteiger partial charge in [-0.1, -0.05) is 0 Å². The van der Waals surface area contributed by atoms with Crippen molar-refractivity contribution in [1.82, 2.24) is 15.2 Å². The molecule has 3 aliphatic rings. The maximum absolute atomic E-state index is 12.3. The van der Waals surface area contributed by atoms with Crippen molar-refractivity contribution in [1.29, 1.82) is 0 Å². The number of rotatable bonds is 5. The van der Waals surface area contributed by atoms with E-state index in [0.717, 1.165) is 19.3 Å². The zero-order valence-electron chi connectivity index (χ0n) is 13.4. The van der Waals surface area contributed by atoms with Gasteiger partial charge < -0.3 is 19.7 Å². The van der Waals surface area contributed by atoms with E-state index < -0.39 is 0 Å². The third-order valence-electron chi connectivity index (χ3n) is 4.66. The van der Waals surface area contributed by atoms with Gasteiger partial charge in [0.25, 0.3) is 5.91 Å². The molecule has 1 saturated carbocycles. The highest BCUT2D eigenvalue weighted by Gasteiger charge is 2.39. The van der Waals surface area contributed by atoms with E-state index in [2.05, 4.69) is 10.3 Å². The molecular weight excluding hydrogens is 310 g/mol. The second kappa shape index (κ2) is 6.39. The molecule has 3 heterocycles. The highest BCUT2D eigenvalue weighted by Crippen LogP contribution is 2.30. The van der Waals surface area contributed by atoms with Gasteiger partial charge in [0, 0.05) is 37.7 Å². The monoisotopic (exact) mass is 331 g/mol. The molecule has 0 spiro atoms. The van der Waals surface area contributed by atoms with Crippen LogP contribution in [0.3, 0.4) is 0 Å². The zero-order valence-corrected chi connectivity index (χ0v) is 13.4. The lowest BCUT2D eigenvalue weighted by Crippen LogP contribution is -2.37. The number of nitrogens with zero attached hydrogens (tertiary/aromatic N) is 2. The number of aromatic nitrogens is 1. The van der Waals surface area contributed by atoms with Crippen LogP contribution in [-0.4, -0.2) is 59.6 Å². The smallest absolute Gasteiger partial charge is 0.253 e. The molecule has 2 saturated heterocycles. The maximum Gasteiger partial charge on any atom is 0.253 e. The molecule has 128 valence electrons. The summed E-state index contributed by atoms with van der Waals surface area (Å²) < 4.78 is 10.9. The van der Waals surface area contributed by atoms with Gasteiger partial charge in [0.1, 0.15) is 6.10 Å². The average Bonchev–Trinajstić information content (AvgIpc) is 3.17. The summed E-state index contributed by atoms with van der Waals surface area (Å²) in [4.78, 5) is 30.3.